The van der Waals surface area contributed by atoms with Gasteiger partial charge in [-0.2, -0.15) is 18.3 Å². The predicted molar refractivity (Wildman–Crippen MR) is 80.2 cm³/mol. The molecule has 1 N–H and O–H groups in total. The number of amides is 2. The average Bonchev–Trinajstić information content (AvgIpc) is 2.92. The van der Waals surface area contributed by atoms with Crippen LogP contribution in [-0.4, -0.2) is 40.1 Å². The molecule has 1 aromatic carbocycles. The van der Waals surface area contributed by atoms with Crippen LogP contribution in [0.25, 0.3) is 0 Å². The largest absolute Gasteiger partial charge is 0.418 e. The number of hydrogen-bond donors (Lipinski definition) is 1. The number of likely N-dealkylation sites (N-methyl/N-ethyl adjacent to an activating group) is 1. The number of aryl methyl sites for hydroxylation is 1. The summed E-state index contributed by atoms with van der Waals surface area (Å²) in [7, 11) is 3.02. The lowest BCUT2D eigenvalue weighted by Crippen LogP contribution is -2.35. The van der Waals surface area contributed by atoms with E-state index in [1.54, 1.807) is 7.05 Å². The number of benzene rings is 1. The standard InChI is InChI=1S/C15H15F3N4O2/c1-21(14(24)10-7-19-22(2)8-10)9-13(23)20-12-6-4-3-5-11(12)15(16,17)18/h3-8H,9H2,1-2H3,(H,20,23). The number of anilines is 1. The van der Waals surface area contributed by atoms with Crippen molar-refractivity contribution in [1.82, 2.24) is 14.7 Å². The van der Waals surface area contributed by atoms with Crippen LogP contribution in [0.3, 0.4) is 0 Å². The van der Waals surface area contributed by atoms with Gasteiger partial charge in [0, 0.05) is 20.3 Å². The summed E-state index contributed by atoms with van der Waals surface area (Å²) in [5.74, 6) is -1.19. The SMILES string of the molecule is CN(CC(=O)Nc1ccccc1C(F)(F)F)C(=O)c1cnn(C)c1. The number of hydrogen-bond acceptors (Lipinski definition) is 3. The first kappa shape index (κ1) is 17.5. The number of carbonyl (C=O) groups excluding carboxylic acids is 2. The molecule has 0 aliphatic carbocycles. The first-order chi connectivity index (χ1) is 11.2. The number of rotatable bonds is 4. The van der Waals surface area contributed by atoms with Crippen molar-refractivity contribution in [3.63, 3.8) is 0 Å². The number of nitrogens with zero attached hydrogens (tertiary/aromatic N) is 3. The molecule has 128 valence electrons. The van der Waals surface area contributed by atoms with Gasteiger partial charge in [-0.3, -0.25) is 14.3 Å². The molecule has 2 amide bonds. The molecule has 0 aliphatic heterocycles. The van der Waals surface area contributed by atoms with Gasteiger partial charge in [-0.15, -0.1) is 0 Å². The van der Waals surface area contributed by atoms with Gasteiger partial charge in [-0.05, 0) is 12.1 Å². The zero-order valence-corrected chi connectivity index (χ0v) is 13.0. The summed E-state index contributed by atoms with van der Waals surface area (Å²) in [5, 5.41) is 6.04. The summed E-state index contributed by atoms with van der Waals surface area (Å²) in [4.78, 5) is 25.1. The molecular formula is C15H15F3N4O2. The number of carbonyl (C=O) groups is 2. The molecule has 0 saturated carbocycles. The molecule has 2 rings (SSSR count). The van der Waals surface area contributed by atoms with Crippen LogP contribution in [0.2, 0.25) is 0 Å². The molecule has 1 aromatic heterocycles. The summed E-state index contributed by atoms with van der Waals surface area (Å²) < 4.78 is 40.1. The summed E-state index contributed by atoms with van der Waals surface area (Å²) >= 11 is 0. The minimum atomic E-state index is -4.58. The predicted octanol–water partition coefficient (Wildman–Crippen LogP) is 2.15. The van der Waals surface area contributed by atoms with Crippen LogP contribution < -0.4 is 5.32 Å². The van der Waals surface area contributed by atoms with Gasteiger partial charge < -0.3 is 10.2 Å². The fourth-order valence-corrected chi connectivity index (χ4v) is 2.07. The third-order valence-electron chi connectivity index (χ3n) is 3.19. The molecule has 0 aliphatic rings. The van der Waals surface area contributed by atoms with Crippen molar-refractivity contribution in [2.24, 2.45) is 7.05 Å². The van der Waals surface area contributed by atoms with Crippen molar-refractivity contribution in [1.29, 1.82) is 0 Å². The minimum Gasteiger partial charge on any atom is -0.332 e. The van der Waals surface area contributed by atoms with Gasteiger partial charge in [0.1, 0.15) is 0 Å². The number of nitrogens with one attached hydrogen (secondary N) is 1. The lowest BCUT2D eigenvalue weighted by atomic mass is 10.1. The first-order valence-corrected chi connectivity index (χ1v) is 6.88. The Labute approximate surface area is 135 Å². The highest BCUT2D eigenvalue weighted by atomic mass is 19.4. The topological polar surface area (TPSA) is 67.2 Å². The van der Waals surface area contributed by atoms with Gasteiger partial charge in [0.25, 0.3) is 5.91 Å². The van der Waals surface area contributed by atoms with E-state index in [4.69, 9.17) is 0 Å². The zero-order chi connectivity index (χ0) is 17.9. The van der Waals surface area contributed by atoms with Crippen molar-refractivity contribution in [3.05, 3.63) is 47.8 Å². The highest BCUT2D eigenvalue weighted by Gasteiger charge is 2.33. The molecule has 0 fully saturated rings. The Kier molecular flexibility index (Phi) is 4.91. The Morgan fingerprint density at radius 1 is 1.29 bits per heavy atom. The Bertz CT molecular complexity index is 755. The van der Waals surface area contributed by atoms with E-state index in [9.17, 15) is 22.8 Å². The lowest BCUT2D eigenvalue weighted by molar-refractivity contribution is -0.137. The van der Waals surface area contributed by atoms with Crippen molar-refractivity contribution in [2.75, 3.05) is 18.9 Å². The molecule has 0 spiro atoms. The van der Waals surface area contributed by atoms with Crippen molar-refractivity contribution < 1.29 is 22.8 Å². The summed E-state index contributed by atoms with van der Waals surface area (Å²) in [6, 6.07) is 4.65. The third-order valence-corrected chi connectivity index (χ3v) is 3.19. The van der Waals surface area contributed by atoms with E-state index in [2.05, 4.69) is 10.4 Å². The Balaban J connectivity index is 2.05. The highest BCUT2D eigenvalue weighted by molar-refractivity contribution is 5.99. The van der Waals surface area contributed by atoms with E-state index in [1.807, 2.05) is 0 Å². The van der Waals surface area contributed by atoms with Crippen LogP contribution in [-0.2, 0) is 18.0 Å². The second kappa shape index (κ2) is 6.73. The maximum absolute atomic E-state index is 12.9. The average molecular weight is 340 g/mol. The normalized spacial score (nSPS) is 11.2. The maximum Gasteiger partial charge on any atom is 0.418 e. The molecule has 2 aromatic rings. The van der Waals surface area contributed by atoms with Crippen LogP contribution in [0.1, 0.15) is 15.9 Å². The molecular weight excluding hydrogens is 325 g/mol. The van der Waals surface area contributed by atoms with Crippen molar-refractivity contribution >= 4 is 17.5 Å². The Morgan fingerprint density at radius 3 is 2.54 bits per heavy atom. The highest BCUT2D eigenvalue weighted by Crippen LogP contribution is 2.34. The molecule has 24 heavy (non-hydrogen) atoms. The van der Waals surface area contributed by atoms with E-state index in [0.29, 0.717) is 0 Å². The molecule has 6 nitrogen and oxygen atoms in total. The number of alkyl halides is 3. The number of para-hydroxylation sites is 1. The van der Waals surface area contributed by atoms with Gasteiger partial charge in [0.2, 0.25) is 5.91 Å². The fourth-order valence-electron chi connectivity index (χ4n) is 2.07. The van der Waals surface area contributed by atoms with E-state index >= 15 is 0 Å². The van der Waals surface area contributed by atoms with Gasteiger partial charge in [-0.1, -0.05) is 12.1 Å². The molecule has 0 bridgehead atoms. The van der Waals surface area contributed by atoms with Gasteiger partial charge in [0.15, 0.2) is 0 Å². The van der Waals surface area contributed by atoms with Gasteiger partial charge >= 0.3 is 6.18 Å². The number of halogens is 3. The van der Waals surface area contributed by atoms with Crippen LogP contribution in [0.5, 0.6) is 0 Å². The second-order valence-corrected chi connectivity index (χ2v) is 5.16. The molecule has 0 atom stereocenters. The monoisotopic (exact) mass is 340 g/mol. The second-order valence-electron chi connectivity index (χ2n) is 5.16. The van der Waals surface area contributed by atoms with Crippen LogP contribution >= 0.6 is 0 Å². The van der Waals surface area contributed by atoms with E-state index in [0.717, 1.165) is 17.0 Å². The molecule has 0 unspecified atom stereocenters. The minimum absolute atomic E-state index is 0.281. The van der Waals surface area contributed by atoms with Gasteiger partial charge in [0.05, 0.1) is 29.6 Å². The summed E-state index contributed by atoms with van der Waals surface area (Å²) in [5.41, 5.74) is -1.01. The maximum atomic E-state index is 12.9. The van der Waals surface area contributed by atoms with Crippen LogP contribution in [0.4, 0.5) is 18.9 Å². The third kappa shape index (κ3) is 4.12. The Morgan fingerprint density at radius 2 is 1.96 bits per heavy atom. The molecule has 0 radical (unpaired) electrons. The van der Waals surface area contributed by atoms with E-state index < -0.39 is 23.6 Å². The van der Waals surface area contributed by atoms with Crippen LogP contribution in [0.15, 0.2) is 36.7 Å². The molecule has 0 saturated heterocycles. The van der Waals surface area contributed by atoms with Crippen LogP contribution in [0, 0.1) is 0 Å². The van der Waals surface area contributed by atoms with Gasteiger partial charge in [-0.25, -0.2) is 0 Å². The zero-order valence-electron chi connectivity index (χ0n) is 13.0. The van der Waals surface area contributed by atoms with E-state index in [1.165, 1.54) is 36.3 Å². The Hall–Kier alpha value is -2.84. The first-order valence-electron chi connectivity index (χ1n) is 6.88. The summed E-state index contributed by atoms with van der Waals surface area (Å²) in [6.07, 6.45) is -1.76. The fraction of sp³-hybridized carbons (Fsp3) is 0.267. The summed E-state index contributed by atoms with van der Waals surface area (Å²) in [6.45, 7) is -0.389. The van der Waals surface area contributed by atoms with Crippen molar-refractivity contribution in [3.8, 4) is 0 Å². The van der Waals surface area contributed by atoms with E-state index in [-0.39, 0.29) is 17.8 Å². The number of aromatic nitrogens is 2. The lowest BCUT2D eigenvalue weighted by Gasteiger charge is -2.17. The van der Waals surface area contributed by atoms with Crippen molar-refractivity contribution in [2.45, 2.75) is 6.18 Å². The molecule has 9 heteroatoms. The quantitative estimate of drug-likeness (QED) is 0.927. The molecule has 1 heterocycles. The smallest absolute Gasteiger partial charge is 0.332 e.